The SMILES string of the molecule is O=S(=O)(NCC1CN2CCN1CC2)c1ccc2c(c1)OCCO2. The van der Waals surface area contributed by atoms with E-state index >= 15 is 0 Å². The molecule has 1 N–H and O–H groups in total. The van der Waals surface area contributed by atoms with Crippen molar-refractivity contribution < 1.29 is 17.9 Å². The number of rotatable bonds is 4. The molecule has 3 fully saturated rings. The molecule has 126 valence electrons. The Morgan fingerprint density at radius 1 is 1.09 bits per heavy atom. The molecule has 0 radical (unpaired) electrons. The molecule has 1 aromatic carbocycles. The van der Waals surface area contributed by atoms with Crippen molar-refractivity contribution in [3.63, 3.8) is 0 Å². The van der Waals surface area contributed by atoms with Crippen molar-refractivity contribution in [2.45, 2.75) is 10.9 Å². The molecule has 1 atom stereocenters. The van der Waals surface area contributed by atoms with Gasteiger partial charge in [0.15, 0.2) is 11.5 Å². The van der Waals surface area contributed by atoms with Gasteiger partial charge >= 0.3 is 0 Å². The molecular weight excluding hydrogens is 318 g/mol. The number of fused-ring (bicyclic) bond motifs is 4. The number of hydrogen-bond donors (Lipinski definition) is 1. The van der Waals surface area contributed by atoms with Crippen molar-refractivity contribution in [2.75, 3.05) is 52.5 Å². The number of ether oxygens (including phenoxy) is 2. The number of nitrogens with one attached hydrogen (secondary N) is 1. The summed E-state index contributed by atoms with van der Waals surface area (Å²) in [5.74, 6) is 1.09. The van der Waals surface area contributed by atoms with E-state index in [-0.39, 0.29) is 10.9 Å². The quantitative estimate of drug-likeness (QED) is 0.815. The van der Waals surface area contributed by atoms with E-state index in [1.165, 1.54) is 6.07 Å². The fraction of sp³-hybridized carbons (Fsp3) is 0.600. The molecule has 5 rings (SSSR count). The molecule has 0 spiro atoms. The zero-order valence-corrected chi connectivity index (χ0v) is 13.7. The van der Waals surface area contributed by atoms with Crippen LogP contribution in [0.3, 0.4) is 0 Å². The van der Waals surface area contributed by atoms with Crippen LogP contribution >= 0.6 is 0 Å². The van der Waals surface area contributed by atoms with Crippen molar-refractivity contribution in [1.29, 1.82) is 0 Å². The summed E-state index contributed by atoms with van der Waals surface area (Å²) < 4.78 is 38.7. The van der Waals surface area contributed by atoms with Gasteiger partial charge in [0, 0.05) is 51.4 Å². The van der Waals surface area contributed by atoms with E-state index in [9.17, 15) is 8.42 Å². The maximum Gasteiger partial charge on any atom is 0.240 e. The van der Waals surface area contributed by atoms with Crippen LogP contribution in [0.25, 0.3) is 0 Å². The van der Waals surface area contributed by atoms with E-state index in [1.807, 2.05) is 0 Å². The monoisotopic (exact) mass is 339 g/mol. The minimum atomic E-state index is -3.54. The first-order valence-electron chi connectivity index (χ1n) is 7.97. The highest BCUT2D eigenvalue weighted by atomic mass is 32.2. The smallest absolute Gasteiger partial charge is 0.240 e. The van der Waals surface area contributed by atoms with E-state index < -0.39 is 10.0 Å². The highest BCUT2D eigenvalue weighted by molar-refractivity contribution is 7.89. The Balaban J connectivity index is 1.45. The van der Waals surface area contributed by atoms with Crippen molar-refractivity contribution in [1.82, 2.24) is 14.5 Å². The summed E-state index contributed by atoms with van der Waals surface area (Å²) in [6.07, 6.45) is 0. The third kappa shape index (κ3) is 3.03. The second-order valence-electron chi connectivity index (χ2n) is 6.15. The van der Waals surface area contributed by atoms with Crippen molar-refractivity contribution in [2.24, 2.45) is 0 Å². The summed E-state index contributed by atoms with van der Waals surface area (Å²) in [5.41, 5.74) is 0. The molecule has 4 heterocycles. The van der Waals surface area contributed by atoms with E-state index in [2.05, 4.69) is 14.5 Å². The van der Waals surface area contributed by atoms with E-state index in [1.54, 1.807) is 12.1 Å². The van der Waals surface area contributed by atoms with E-state index in [0.29, 0.717) is 31.3 Å². The van der Waals surface area contributed by atoms with Crippen molar-refractivity contribution in [3.8, 4) is 11.5 Å². The highest BCUT2D eigenvalue weighted by Gasteiger charge is 2.32. The predicted octanol–water partition coefficient (Wildman–Crippen LogP) is -0.264. The first-order valence-corrected chi connectivity index (χ1v) is 9.46. The normalized spacial score (nSPS) is 29.5. The summed E-state index contributed by atoms with van der Waals surface area (Å²) in [6, 6.07) is 5.01. The Bertz CT molecular complexity index is 686. The highest BCUT2D eigenvalue weighted by Crippen LogP contribution is 2.32. The molecule has 4 aliphatic heterocycles. The molecule has 0 aromatic heterocycles. The molecule has 7 nitrogen and oxygen atoms in total. The lowest BCUT2D eigenvalue weighted by atomic mass is 10.1. The molecule has 8 heteroatoms. The minimum Gasteiger partial charge on any atom is -0.486 e. The minimum absolute atomic E-state index is 0.220. The fourth-order valence-corrected chi connectivity index (χ4v) is 4.49. The zero-order valence-electron chi connectivity index (χ0n) is 12.9. The predicted molar refractivity (Wildman–Crippen MR) is 84.4 cm³/mol. The van der Waals surface area contributed by atoms with Crippen molar-refractivity contribution in [3.05, 3.63) is 18.2 Å². The second-order valence-corrected chi connectivity index (χ2v) is 7.91. The number of hydrogen-bond acceptors (Lipinski definition) is 6. The van der Waals surface area contributed by atoms with Gasteiger partial charge in [0.1, 0.15) is 13.2 Å². The molecule has 0 saturated carbocycles. The Hall–Kier alpha value is -1.35. The number of benzene rings is 1. The van der Waals surface area contributed by atoms with Crippen LogP contribution < -0.4 is 14.2 Å². The van der Waals surface area contributed by atoms with E-state index in [0.717, 1.165) is 32.7 Å². The van der Waals surface area contributed by atoms with Crippen LogP contribution in [0.15, 0.2) is 23.1 Å². The standard InChI is InChI=1S/C15H21N3O4S/c19-23(20,13-1-2-14-15(9-13)22-8-7-21-14)16-10-12-11-17-3-5-18(12)6-4-17/h1-2,9,12,16H,3-8,10-11H2. The van der Waals surface area contributed by atoms with Gasteiger partial charge in [-0.3, -0.25) is 9.80 Å². The largest absolute Gasteiger partial charge is 0.486 e. The van der Waals surface area contributed by atoms with Crippen LogP contribution in [0.4, 0.5) is 0 Å². The zero-order chi connectivity index (χ0) is 15.9. The van der Waals surface area contributed by atoms with Gasteiger partial charge in [0.2, 0.25) is 10.0 Å². The molecular formula is C15H21N3O4S. The average Bonchev–Trinajstić information content (AvgIpc) is 2.61. The third-order valence-electron chi connectivity index (χ3n) is 4.73. The van der Waals surface area contributed by atoms with Gasteiger partial charge in [0.05, 0.1) is 4.90 Å². The summed E-state index contributed by atoms with van der Waals surface area (Å²) in [6.45, 7) is 6.53. The Morgan fingerprint density at radius 3 is 2.52 bits per heavy atom. The molecule has 2 bridgehead atoms. The Kier molecular flexibility index (Phi) is 3.92. The maximum absolute atomic E-state index is 12.5. The molecule has 0 aliphatic carbocycles. The molecule has 0 amide bonds. The fourth-order valence-electron chi connectivity index (χ4n) is 3.40. The summed E-state index contributed by atoms with van der Waals surface area (Å²) in [7, 11) is -3.54. The van der Waals surface area contributed by atoms with Crippen molar-refractivity contribution >= 4 is 10.0 Å². The second kappa shape index (κ2) is 5.94. The summed E-state index contributed by atoms with van der Waals surface area (Å²) in [5, 5.41) is 0. The summed E-state index contributed by atoms with van der Waals surface area (Å²) >= 11 is 0. The van der Waals surface area contributed by atoms with Gasteiger partial charge < -0.3 is 9.47 Å². The Morgan fingerprint density at radius 2 is 1.83 bits per heavy atom. The van der Waals surface area contributed by atoms with Crippen LogP contribution in [-0.4, -0.2) is 76.7 Å². The molecule has 3 saturated heterocycles. The lowest BCUT2D eigenvalue weighted by Crippen LogP contribution is -2.63. The first-order chi connectivity index (χ1) is 11.1. The van der Waals surface area contributed by atoms with Gasteiger partial charge in [-0.25, -0.2) is 13.1 Å². The van der Waals surface area contributed by atoms with Crippen LogP contribution in [0, 0.1) is 0 Å². The van der Waals surface area contributed by atoms with Gasteiger partial charge in [-0.05, 0) is 12.1 Å². The van der Waals surface area contributed by atoms with Crippen LogP contribution in [0.1, 0.15) is 0 Å². The lowest BCUT2D eigenvalue weighted by Gasteiger charge is -2.47. The van der Waals surface area contributed by atoms with Gasteiger partial charge in [-0.1, -0.05) is 0 Å². The first kappa shape index (κ1) is 15.2. The number of piperazine rings is 3. The third-order valence-corrected chi connectivity index (χ3v) is 6.15. The van der Waals surface area contributed by atoms with Gasteiger partial charge in [-0.2, -0.15) is 0 Å². The molecule has 1 unspecified atom stereocenters. The number of nitrogens with zero attached hydrogens (tertiary/aromatic N) is 2. The molecule has 4 aliphatic rings. The summed E-state index contributed by atoms with van der Waals surface area (Å²) in [4.78, 5) is 4.98. The van der Waals surface area contributed by atoms with E-state index in [4.69, 9.17) is 9.47 Å². The van der Waals surface area contributed by atoms with Crippen LogP contribution in [0.2, 0.25) is 0 Å². The average molecular weight is 339 g/mol. The van der Waals surface area contributed by atoms with Gasteiger partial charge in [-0.15, -0.1) is 0 Å². The molecule has 1 aromatic rings. The molecule has 23 heavy (non-hydrogen) atoms. The topological polar surface area (TPSA) is 71.1 Å². The maximum atomic E-state index is 12.5. The lowest BCUT2D eigenvalue weighted by molar-refractivity contribution is 0.0158. The van der Waals surface area contributed by atoms with Crippen LogP contribution in [0.5, 0.6) is 11.5 Å². The number of sulfonamides is 1. The Labute approximate surface area is 136 Å². The van der Waals surface area contributed by atoms with Gasteiger partial charge in [0.25, 0.3) is 0 Å². The van der Waals surface area contributed by atoms with Crippen LogP contribution in [-0.2, 0) is 10.0 Å².